The van der Waals surface area contributed by atoms with Crippen molar-refractivity contribution in [2.75, 3.05) is 5.32 Å². The zero-order chi connectivity index (χ0) is 19.3. The molecule has 0 saturated heterocycles. The largest absolute Gasteiger partial charge is 0.348 e. The number of hydrogen-bond donors (Lipinski definition) is 2. The standard InChI is InChI=1S/C23H26N2O2/c1-13(16-7-5-6-15-11-19(26)25-21(15)16)10-14-8-9-18(23(2,3)4)20-17(14)12-24-22(20)27/h5-9,13H,10-12H2,1-4H3,(H,24,27)(H,25,26). The molecule has 1 unspecified atom stereocenters. The van der Waals surface area contributed by atoms with Crippen molar-refractivity contribution in [1.82, 2.24) is 5.32 Å². The second kappa shape index (κ2) is 6.22. The van der Waals surface area contributed by atoms with Crippen LogP contribution in [0.1, 0.15) is 71.8 Å². The smallest absolute Gasteiger partial charge is 0.252 e. The number of para-hydroxylation sites is 1. The van der Waals surface area contributed by atoms with Gasteiger partial charge >= 0.3 is 0 Å². The van der Waals surface area contributed by atoms with Crippen LogP contribution in [0, 0.1) is 0 Å². The zero-order valence-corrected chi connectivity index (χ0v) is 16.4. The number of carbonyl (C=O) groups excluding carboxylic acids is 2. The summed E-state index contributed by atoms with van der Waals surface area (Å²) in [4.78, 5) is 24.3. The highest BCUT2D eigenvalue weighted by Crippen LogP contribution is 2.37. The molecule has 2 aromatic rings. The fourth-order valence-corrected chi connectivity index (χ4v) is 4.35. The first-order valence-electron chi connectivity index (χ1n) is 9.60. The van der Waals surface area contributed by atoms with E-state index in [1.54, 1.807) is 0 Å². The van der Waals surface area contributed by atoms with Crippen LogP contribution in [0.2, 0.25) is 0 Å². The van der Waals surface area contributed by atoms with E-state index in [2.05, 4.69) is 56.5 Å². The van der Waals surface area contributed by atoms with Crippen molar-refractivity contribution in [2.24, 2.45) is 0 Å². The molecule has 1 atom stereocenters. The Labute approximate surface area is 160 Å². The van der Waals surface area contributed by atoms with Gasteiger partial charge in [0.15, 0.2) is 0 Å². The molecule has 0 saturated carbocycles. The predicted octanol–water partition coefficient (Wildman–Crippen LogP) is 4.07. The van der Waals surface area contributed by atoms with Gasteiger partial charge in [0.25, 0.3) is 5.91 Å². The Morgan fingerprint density at radius 1 is 1.11 bits per heavy atom. The first kappa shape index (κ1) is 17.8. The van der Waals surface area contributed by atoms with E-state index >= 15 is 0 Å². The Morgan fingerprint density at radius 3 is 2.63 bits per heavy atom. The van der Waals surface area contributed by atoms with Crippen molar-refractivity contribution >= 4 is 17.5 Å². The third kappa shape index (κ3) is 3.03. The van der Waals surface area contributed by atoms with Crippen LogP contribution in [-0.2, 0) is 29.6 Å². The topological polar surface area (TPSA) is 58.2 Å². The van der Waals surface area contributed by atoms with Crippen LogP contribution in [0.3, 0.4) is 0 Å². The fraction of sp³-hybridized carbons (Fsp3) is 0.391. The van der Waals surface area contributed by atoms with Gasteiger partial charge in [-0.15, -0.1) is 0 Å². The lowest BCUT2D eigenvalue weighted by atomic mass is 9.80. The molecule has 2 N–H and O–H groups in total. The van der Waals surface area contributed by atoms with E-state index in [4.69, 9.17) is 0 Å². The summed E-state index contributed by atoms with van der Waals surface area (Å²) in [6.45, 7) is 9.23. The van der Waals surface area contributed by atoms with Gasteiger partial charge < -0.3 is 10.6 Å². The number of hydrogen-bond acceptors (Lipinski definition) is 2. The molecule has 4 rings (SSSR count). The van der Waals surface area contributed by atoms with Gasteiger partial charge in [0.2, 0.25) is 5.91 Å². The number of amides is 2. The Balaban J connectivity index is 1.70. The van der Waals surface area contributed by atoms with Crippen molar-refractivity contribution in [3.8, 4) is 0 Å². The van der Waals surface area contributed by atoms with Crippen LogP contribution < -0.4 is 10.6 Å². The van der Waals surface area contributed by atoms with E-state index in [9.17, 15) is 9.59 Å². The van der Waals surface area contributed by atoms with Gasteiger partial charge in [-0.05, 0) is 45.6 Å². The second-order valence-corrected chi connectivity index (χ2v) is 8.77. The second-order valence-electron chi connectivity index (χ2n) is 8.77. The third-order valence-electron chi connectivity index (χ3n) is 5.73. The summed E-state index contributed by atoms with van der Waals surface area (Å²) >= 11 is 0. The molecule has 0 spiro atoms. The van der Waals surface area contributed by atoms with Crippen LogP contribution in [0.4, 0.5) is 5.69 Å². The lowest BCUT2D eigenvalue weighted by molar-refractivity contribution is -0.115. The van der Waals surface area contributed by atoms with Gasteiger partial charge in [-0.2, -0.15) is 0 Å². The minimum absolute atomic E-state index is 0.0392. The molecule has 4 heteroatoms. The van der Waals surface area contributed by atoms with Crippen LogP contribution in [0.15, 0.2) is 30.3 Å². The van der Waals surface area contributed by atoms with E-state index in [0.717, 1.165) is 34.4 Å². The number of fused-ring (bicyclic) bond motifs is 2. The van der Waals surface area contributed by atoms with E-state index in [1.165, 1.54) is 11.1 Å². The summed E-state index contributed by atoms with van der Waals surface area (Å²) in [6, 6.07) is 10.4. The Morgan fingerprint density at radius 2 is 1.89 bits per heavy atom. The molecular formula is C23H26N2O2. The van der Waals surface area contributed by atoms with Crippen LogP contribution in [-0.4, -0.2) is 11.8 Å². The monoisotopic (exact) mass is 362 g/mol. The molecule has 0 bridgehead atoms. The maximum Gasteiger partial charge on any atom is 0.252 e. The fourth-order valence-electron chi connectivity index (χ4n) is 4.35. The quantitative estimate of drug-likeness (QED) is 0.865. The number of rotatable bonds is 3. The van der Waals surface area contributed by atoms with Gasteiger partial charge in [0, 0.05) is 17.8 Å². The van der Waals surface area contributed by atoms with Crippen molar-refractivity contribution in [3.05, 3.63) is 63.7 Å². The number of benzene rings is 2. The van der Waals surface area contributed by atoms with Gasteiger partial charge in [-0.3, -0.25) is 9.59 Å². The highest BCUT2D eigenvalue weighted by Gasteiger charge is 2.31. The van der Waals surface area contributed by atoms with Crippen LogP contribution >= 0.6 is 0 Å². The lowest BCUT2D eigenvalue weighted by Gasteiger charge is -2.24. The van der Waals surface area contributed by atoms with Gasteiger partial charge in [0.05, 0.1) is 6.42 Å². The molecule has 2 aliphatic rings. The molecule has 2 aliphatic heterocycles. The van der Waals surface area contributed by atoms with Gasteiger partial charge in [0.1, 0.15) is 0 Å². The molecular weight excluding hydrogens is 336 g/mol. The third-order valence-corrected chi connectivity index (χ3v) is 5.73. The SMILES string of the molecule is CC(Cc1ccc(C(C)(C)C)c2c1CNC2=O)c1cccc2c1NC(=O)C2. The average Bonchev–Trinajstić information content (AvgIpc) is 3.16. The molecule has 2 heterocycles. The highest BCUT2D eigenvalue weighted by atomic mass is 16.2. The molecule has 0 radical (unpaired) electrons. The summed E-state index contributed by atoms with van der Waals surface area (Å²) in [5, 5.41) is 6.02. The maximum atomic E-state index is 12.5. The molecule has 27 heavy (non-hydrogen) atoms. The first-order valence-corrected chi connectivity index (χ1v) is 9.60. The Hall–Kier alpha value is -2.62. The van der Waals surface area contributed by atoms with Crippen LogP contribution in [0.25, 0.3) is 0 Å². The molecule has 2 aromatic carbocycles. The Kier molecular flexibility index (Phi) is 4.10. The van der Waals surface area contributed by atoms with E-state index in [0.29, 0.717) is 13.0 Å². The van der Waals surface area contributed by atoms with Gasteiger partial charge in [-0.25, -0.2) is 0 Å². The lowest BCUT2D eigenvalue weighted by Crippen LogP contribution is -2.19. The summed E-state index contributed by atoms with van der Waals surface area (Å²) in [5.74, 6) is 0.353. The van der Waals surface area contributed by atoms with Crippen molar-refractivity contribution in [3.63, 3.8) is 0 Å². The molecule has 4 nitrogen and oxygen atoms in total. The molecule has 0 aromatic heterocycles. The number of anilines is 1. The first-order chi connectivity index (χ1) is 12.8. The van der Waals surface area contributed by atoms with Crippen LogP contribution in [0.5, 0.6) is 0 Å². The summed E-state index contributed by atoms with van der Waals surface area (Å²) in [6.07, 6.45) is 1.30. The normalized spacial score (nSPS) is 16.6. The van der Waals surface area contributed by atoms with Gasteiger partial charge in [-0.1, -0.05) is 58.0 Å². The average molecular weight is 362 g/mol. The minimum atomic E-state index is -0.0690. The molecule has 0 aliphatic carbocycles. The molecule has 140 valence electrons. The number of carbonyl (C=O) groups is 2. The zero-order valence-electron chi connectivity index (χ0n) is 16.4. The van der Waals surface area contributed by atoms with Crippen molar-refractivity contribution in [2.45, 2.75) is 58.4 Å². The van der Waals surface area contributed by atoms with E-state index < -0.39 is 0 Å². The van der Waals surface area contributed by atoms with Crippen molar-refractivity contribution < 1.29 is 9.59 Å². The van der Waals surface area contributed by atoms with E-state index in [1.807, 2.05) is 12.1 Å². The number of nitrogens with one attached hydrogen (secondary N) is 2. The summed E-state index contributed by atoms with van der Waals surface area (Å²) < 4.78 is 0. The Bertz CT molecular complexity index is 954. The summed E-state index contributed by atoms with van der Waals surface area (Å²) in [5.41, 5.74) is 7.48. The summed E-state index contributed by atoms with van der Waals surface area (Å²) in [7, 11) is 0. The highest BCUT2D eigenvalue weighted by molar-refractivity contribution is 6.01. The molecule has 2 amide bonds. The predicted molar refractivity (Wildman–Crippen MR) is 107 cm³/mol. The molecule has 0 fully saturated rings. The maximum absolute atomic E-state index is 12.5. The van der Waals surface area contributed by atoms with Crippen molar-refractivity contribution in [1.29, 1.82) is 0 Å². The minimum Gasteiger partial charge on any atom is -0.348 e. The van der Waals surface area contributed by atoms with E-state index in [-0.39, 0.29) is 23.1 Å².